The molecule has 54 heavy (non-hydrogen) atoms. The monoisotopic (exact) mass is 851 g/mol. The third-order valence-corrected chi connectivity index (χ3v) is 12.1. The molecule has 0 atom stereocenters. The van der Waals surface area contributed by atoms with Crippen molar-refractivity contribution in [2.24, 2.45) is 47.3 Å². The largest absolute Gasteiger partial charge is 3.00 e. The molecule has 0 radical (unpaired) electrons. The van der Waals surface area contributed by atoms with Gasteiger partial charge in [0.05, 0.1) is 25.3 Å². The van der Waals surface area contributed by atoms with E-state index in [1.807, 2.05) is 0 Å². The molecule has 0 aromatic carbocycles. The van der Waals surface area contributed by atoms with Crippen molar-refractivity contribution in [3.8, 4) is 16.2 Å². The fraction of sp³-hybridized carbons (Fsp3) is 0.930. The Morgan fingerprint density at radius 2 is 0.537 bits per heavy atom. The van der Waals surface area contributed by atoms with Crippen LogP contribution in [-0.2, 0) is 42.3 Å². The van der Waals surface area contributed by atoms with Crippen LogP contribution >= 0.6 is 12.6 Å². The van der Waals surface area contributed by atoms with Crippen LogP contribution in [0.4, 0.5) is 0 Å². The van der Waals surface area contributed by atoms with Gasteiger partial charge in [-0.3, -0.25) is 0 Å². The van der Waals surface area contributed by atoms with Crippen LogP contribution < -0.4 is 0 Å². The molecule has 0 aromatic rings. The van der Waals surface area contributed by atoms with E-state index in [9.17, 15) is 0 Å². The van der Waals surface area contributed by atoms with Gasteiger partial charge in [-0.05, 0) is 47.3 Å². The average Bonchev–Trinajstić information content (AvgIpc) is 3.20. The Morgan fingerprint density at radius 3 is 0.630 bits per heavy atom. The van der Waals surface area contributed by atoms with Crippen LogP contribution in [-0.4, -0.2) is 52.4 Å². The first-order chi connectivity index (χ1) is 25.8. The normalized spacial score (nSPS) is 17.6. The molecule has 4 aliphatic rings. The van der Waals surface area contributed by atoms with Gasteiger partial charge < -0.3 is 21.3 Å². The van der Waals surface area contributed by atoms with Crippen molar-refractivity contribution in [3.63, 3.8) is 0 Å². The molecule has 7 nitrogen and oxygen atoms in total. The third kappa shape index (κ3) is 32.9. The maximum atomic E-state index is 7.23. The fourth-order valence-corrected chi connectivity index (χ4v) is 8.79. The molecule has 4 heterocycles. The Kier molecular flexibility index (Phi) is 53.0. The van der Waals surface area contributed by atoms with Gasteiger partial charge >= 0.3 is 27.9 Å². The van der Waals surface area contributed by atoms with Crippen molar-refractivity contribution in [2.45, 2.75) is 158 Å². The first-order valence-corrected chi connectivity index (χ1v) is 22.9. The molecule has 11 heteroatoms. The summed E-state index contributed by atoms with van der Waals surface area (Å²) in [6.45, 7) is 27.6. The van der Waals surface area contributed by atoms with E-state index in [0.29, 0.717) is 0 Å². The SMILES string of the molecule is CCC(CC)C1CC[N-]CC1.CCC(CC)C1CC[N-]CC1.CCC(CC)C1CC[N-]CC1.CCC(CC)C1CC[N-]CC1.N#CS.N#C[SH2+].N#C[SH2+].[Mn+3]. The molecule has 0 N–H and O–H groups in total. The second-order valence-corrected chi connectivity index (χ2v) is 15.3. The first-order valence-electron chi connectivity index (χ1n) is 21.4. The van der Waals surface area contributed by atoms with Crippen LogP contribution in [0.25, 0.3) is 21.3 Å². The zero-order valence-electron chi connectivity index (χ0n) is 36.0. The van der Waals surface area contributed by atoms with E-state index in [1.54, 1.807) is 10.8 Å². The number of nitriles is 3. The molecule has 0 spiro atoms. The standard InChI is InChI=1S/4C10H20N.3CHNS.Mn/c4*1-3-9(4-2)10-5-7-11-8-6-10;3*2-1-3;/h4*9-10H,3-8H2,1-2H3;3*3H;/q4*-1;;;;+3/p+2. The van der Waals surface area contributed by atoms with E-state index in [4.69, 9.17) is 15.8 Å². The zero-order valence-corrected chi connectivity index (χ0v) is 40.1. The first kappa shape index (κ1) is 60.6. The molecule has 4 rings (SSSR count). The van der Waals surface area contributed by atoms with Gasteiger partial charge in [0, 0.05) is 0 Å². The maximum absolute atomic E-state index is 7.23. The quantitative estimate of drug-likeness (QED) is 0.0908. The third-order valence-electron chi connectivity index (χ3n) is 12.1. The molecule has 0 aromatic heterocycles. The summed E-state index contributed by atoms with van der Waals surface area (Å²) in [5, 5.41) is 43.7. The number of rotatable bonds is 12. The second-order valence-electron chi connectivity index (χ2n) is 14.7. The summed E-state index contributed by atoms with van der Waals surface area (Å²) in [7, 11) is 0. The van der Waals surface area contributed by atoms with Crippen LogP contribution in [0.15, 0.2) is 0 Å². The average molecular weight is 851 g/mol. The summed E-state index contributed by atoms with van der Waals surface area (Å²) in [5.74, 6) is 7.86. The van der Waals surface area contributed by atoms with Crippen molar-refractivity contribution in [3.05, 3.63) is 21.3 Å². The van der Waals surface area contributed by atoms with Gasteiger partial charge in [-0.15, -0.1) is 62.9 Å². The van der Waals surface area contributed by atoms with Gasteiger partial charge in [-0.25, -0.2) is 0 Å². The minimum Gasteiger partial charge on any atom is -0.662 e. The molecule has 316 valence electrons. The zero-order chi connectivity index (χ0) is 40.5. The molecule has 4 fully saturated rings. The summed E-state index contributed by atoms with van der Waals surface area (Å²) >= 11 is 8.07. The Hall–Kier alpha value is -0.121. The predicted octanol–water partition coefficient (Wildman–Crippen LogP) is 12.2. The van der Waals surface area contributed by atoms with Crippen molar-refractivity contribution in [1.82, 2.24) is 0 Å². The molecule has 0 unspecified atom stereocenters. The van der Waals surface area contributed by atoms with Gasteiger partial charge in [0.15, 0.2) is 0 Å². The van der Waals surface area contributed by atoms with E-state index >= 15 is 0 Å². The summed E-state index contributed by atoms with van der Waals surface area (Å²) in [5.41, 5.74) is 0. The van der Waals surface area contributed by atoms with Gasteiger partial charge in [0.25, 0.3) is 0 Å². The number of nitrogens with zero attached hydrogens (tertiary/aromatic N) is 7. The van der Waals surface area contributed by atoms with E-state index < -0.39 is 0 Å². The summed E-state index contributed by atoms with van der Waals surface area (Å²) in [4.78, 5) is 0. The van der Waals surface area contributed by atoms with Crippen molar-refractivity contribution in [1.29, 1.82) is 15.8 Å². The second kappa shape index (κ2) is 47.3. The number of thiol groups is 1. The van der Waals surface area contributed by atoms with E-state index in [-0.39, 0.29) is 17.1 Å². The maximum Gasteiger partial charge on any atom is 3.00 e. The Labute approximate surface area is 364 Å². The predicted molar refractivity (Wildman–Crippen MR) is 246 cm³/mol. The van der Waals surface area contributed by atoms with Crippen LogP contribution in [0.1, 0.15) is 158 Å². The molecule has 0 aliphatic carbocycles. The molecular weight excluding hydrogens is 766 g/mol. The number of thiocyanates is 3. The summed E-state index contributed by atoms with van der Waals surface area (Å²) in [6.07, 6.45) is 21.7. The van der Waals surface area contributed by atoms with Crippen LogP contribution in [0.2, 0.25) is 0 Å². The van der Waals surface area contributed by atoms with Crippen LogP contribution in [0, 0.1) is 79.3 Å². The smallest absolute Gasteiger partial charge is 0.662 e. The number of hydrogen-bond donors (Lipinski definition) is 1. The Balaban J connectivity index is -0.000000285. The Bertz CT molecular complexity index is 710. The molecule has 4 aliphatic heterocycles. The molecule has 0 amide bonds. The van der Waals surface area contributed by atoms with Crippen LogP contribution in [0.5, 0.6) is 0 Å². The van der Waals surface area contributed by atoms with Gasteiger partial charge in [-0.2, -0.15) is 5.26 Å². The topological polar surface area (TPSA) is 128 Å². The summed E-state index contributed by atoms with van der Waals surface area (Å²) < 4.78 is 0. The van der Waals surface area contributed by atoms with Crippen molar-refractivity contribution in [2.75, 3.05) is 52.4 Å². The van der Waals surface area contributed by atoms with Gasteiger partial charge in [0.2, 0.25) is 0 Å². The van der Waals surface area contributed by atoms with Crippen molar-refractivity contribution < 1.29 is 17.1 Å². The number of piperidine rings is 4. The minimum absolute atomic E-state index is 0. The van der Waals surface area contributed by atoms with Crippen LogP contribution in [0.3, 0.4) is 0 Å². The van der Waals surface area contributed by atoms with Crippen molar-refractivity contribution >= 4 is 37.9 Å². The molecule has 0 bridgehead atoms. The Morgan fingerprint density at radius 1 is 0.426 bits per heavy atom. The number of hydrogen-bond acceptors (Lipinski definition) is 4. The van der Waals surface area contributed by atoms with E-state index in [1.165, 1.54) is 108 Å². The molecule has 0 saturated carbocycles. The van der Waals surface area contributed by atoms with E-state index in [0.717, 1.165) is 99.7 Å². The van der Waals surface area contributed by atoms with E-state index in [2.05, 4.69) is 115 Å². The summed E-state index contributed by atoms with van der Waals surface area (Å²) in [6, 6.07) is 0. The minimum atomic E-state index is 0. The van der Waals surface area contributed by atoms with Gasteiger partial charge in [0.1, 0.15) is 5.40 Å². The molecule has 4 saturated heterocycles. The molecular formula is C43H85MnN7S3+. The van der Waals surface area contributed by atoms with Gasteiger partial charge in [-0.1, -0.05) is 171 Å². The fourth-order valence-electron chi connectivity index (χ4n) is 8.79.